The highest BCUT2D eigenvalue weighted by molar-refractivity contribution is 5.96. The predicted molar refractivity (Wildman–Crippen MR) is 86.2 cm³/mol. The van der Waals surface area contributed by atoms with Gasteiger partial charge in [-0.3, -0.25) is 24.7 Å². The highest BCUT2D eigenvalue weighted by Gasteiger charge is 2.19. The predicted octanol–water partition coefficient (Wildman–Crippen LogP) is -0.225. The number of aromatic amines is 2. The lowest BCUT2D eigenvalue weighted by Crippen LogP contribution is -2.29. The molecular formula is C14H12N4O8. The molecule has 136 valence electrons. The van der Waals surface area contributed by atoms with Crippen LogP contribution in [-0.4, -0.2) is 40.5 Å². The molecule has 0 unspecified atom stereocenters. The molecule has 0 fully saturated rings. The topological polar surface area (TPSA) is 173 Å². The second kappa shape index (κ2) is 7.74. The Hall–Kier alpha value is -3.96. The molecule has 0 aliphatic heterocycles. The van der Waals surface area contributed by atoms with E-state index in [2.05, 4.69) is 15.0 Å². The minimum absolute atomic E-state index is 0.126. The normalized spacial score (nSPS) is 10.0. The second-order valence-corrected chi connectivity index (χ2v) is 4.75. The lowest BCUT2D eigenvalue weighted by molar-refractivity contribution is -0.384. The Kier molecular flexibility index (Phi) is 5.47. The summed E-state index contributed by atoms with van der Waals surface area (Å²) in [5.41, 5.74) is -2.84. The number of hydrogen-bond acceptors (Lipinski definition) is 8. The molecule has 0 radical (unpaired) electrons. The first-order valence-electron chi connectivity index (χ1n) is 6.93. The molecule has 0 aliphatic rings. The van der Waals surface area contributed by atoms with Gasteiger partial charge in [0.15, 0.2) is 6.61 Å². The Labute approximate surface area is 143 Å². The molecule has 12 heteroatoms. The Bertz CT molecular complexity index is 977. The van der Waals surface area contributed by atoms with Crippen molar-refractivity contribution >= 4 is 23.3 Å². The summed E-state index contributed by atoms with van der Waals surface area (Å²) in [4.78, 5) is 60.1. The van der Waals surface area contributed by atoms with Gasteiger partial charge in [0.1, 0.15) is 17.0 Å². The molecule has 0 aliphatic carbocycles. The number of nitro groups is 1. The number of benzene rings is 1. The summed E-state index contributed by atoms with van der Waals surface area (Å²) in [6.07, 6.45) is 0.843. The first kappa shape index (κ1) is 18.4. The summed E-state index contributed by atoms with van der Waals surface area (Å²) in [7, 11) is 1.33. The van der Waals surface area contributed by atoms with Gasteiger partial charge in [0.05, 0.1) is 18.1 Å². The van der Waals surface area contributed by atoms with E-state index in [1.165, 1.54) is 19.2 Å². The number of ether oxygens (including phenoxy) is 2. The second-order valence-electron chi connectivity index (χ2n) is 4.75. The number of amides is 1. The van der Waals surface area contributed by atoms with Crippen molar-refractivity contribution in [2.45, 2.75) is 0 Å². The lowest BCUT2D eigenvalue weighted by atomic mass is 10.2. The maximum Gasteiger partial charge on any atom is 0.345 e. The van der Waals surface area contributed by atoms with Crippen molar-refractivity contribution in [1.82, 2.24) is 9.97 Å². The van der Waals surface area contributed by atoms with Crippen LogP contribution in [0.2, 0.25) is 0 Å². The van der Waals surface area contributed by atoms with E-state index in [0.717, 1.165) is 12.3 Å². The average molecular weight is 364 g/mol. The first-order chi connectivity index (χ1) is 12.3. The highest BCUT2D eigenvalue weighted by Crippen LogP contribution is 2.28. The smallest absolute Gasteiger partial charge is 0.345 e. The Balaban J connectivity index is 2.05. The zero-order chi connectivity index (χ0) is 19.3. The number of carbonyl (C=O) groups is 2. The van der Waals surface area contributed by atoms with E-state index < -0.39 is 45.9 Å². The van der Waals surface area contributed by atoms with Crippen LogP contribution in [-0.2, 0) is 9.53 Å². The van der Waals surface area contributed by atoms with Gasteiger partial charge in [-0.25, -0.2) is 9.59 Å². The molecule has 0 bridgehead atoms. The number of nitrogens with one attached hydrogen (secondary N) is 3. The molecule has 0 saturated carbocycles. The van der Waals surface area contributed by atoms with Gasteiger partial charge in [0, 0.05) is 6.20 Å². The fourth-order valence-electron chi connectivity index (χ4n) is 1.85. The number of aromatic nitrogens is 2. The van der Waals surface area contributed by atoms with Gasteiger partial charge in [-0.1, -0.05) is 0 Å². The molecule has 1 heterocycles. The van der Waals surface area contributed by atoms with E-state index in [4.69, 9.17) is 4.74 Å². The summed E-state index contributed by atoms with van der Waals surface area (Å²) in [6.45, 7) is -0.805. The number of nitrogens with zero attached hydrogens (tertiary/aromatic N) is 1. The molecule has 1 aromatic carbocycles. The van der Waals surface area contributed by atoms with Crippen molar-refractivity contribution in [3.63, 3.8) is 0 Å². The molecule has 12 nitrogen and oxygen atoms in total. The summed E-state index contributed by atoms with van der Waals surface area (Å²) >= 11 is 0. The maximum absolute atomic E-state index is 11.8. The fourth-order valence-corrected chi connectivity index (χ4v) is 1.85. The van der Waals surface area contributed by atoms with Crippen molar-refractivity contribution in [1.29, 1.82) is 0 Å². The maximum atomic E-state index is 11.8. The monoisotopic (exact) mass is 364 g/mol. The van der Waals surface area contributed by atoms with E-state index >= 15 is 0 Å². The number of anilines is 1. The number of carbonyl (C=O) groups excluding carboxylic acids is 2. The van der Waals surface area contributed by atoms with E-state index in [1.807, 2.05) is 4.98 Å². The molecule has 1 aromatic heterocycles. The summed E-state index contributed by atoms with van der Waals surface area (Å²) < 4.78 is 9.51. The quantitative estimate of drug-likeness (QED) is 0.358. The molecule has 0 spiro atoms. The van der Waals surface area contributed by atoms with Crippen molar-refractivity contribution < 1.29 is 24.0 Å². The third kappa shape index (κ3) is 4.31. The van der Waals surface area contributed by atoms with Crippen LogP contribution in [0.5, 0.6) is 5.75 Å². The zero-order valence-electron chi connectivity index (χ0n) is 13.2. The van der Waals surface area contributed by atoms with Gasteiger partial charge in [-0.05, 0) is 12.1 Å². The number of rotatable bonds is 6. The van der Waals surface area contributed by atoms with Gasteiger partial charge in [0.25, 0.3) is 17.2 Å². The van der Waals surface area contributed by atoms with Gasteiger partial charge in [-0.15, -0.1) is 0 Å². The van der Waals surface area contributed by atoms with Crippen LogP contribution in [0.15, 0.2) is 34.0 Å². The number of esters is 1. The number of H-pyrrole nitrogens is 2. The molecule has 2 rings (SSSR count). The SMILES string of the molecule is COc1ccc(NC(=O)COC(=O)c2c[nH]c(=O)[nH]c2=O)c([N+](=O)[O-])c1. The summed E-state index contributed by atoms with van der Waals surface area (Å²) in [5.74, 6) is -1.80. The van der Waals surface area contributed by atoms with Crippen LogP contribution in [0.1, 0.15) is 10.4 Å². The minimum Gasteiger partial charge on any atom is -0.496 e. The summed E-state index contributed by atoms with van der Waals surface area (Å²) in [6, 6.07) is 3.76. The molecule has 0 atom stereocenters. The van der Waals surface area contributed by atoms with E-state index in [0.29, 0.717) is 0 Å². The van der Waals surface area contributed by atoms with Crippen LogP contribution in [0.3, 0.4) is 0 Å². The lowest BCUT2D eigenvalue weighted by Gasteiger charge is -2.08. The Morgan fingerprint density at radius 3 is 2.65 bits per heavy atom. The van der Waals surface area contributed by atoms with Crippen molar-refractivity contribution in [3.05, 3.63) is 60.9 Å². The summed E-state index contributed by atoms with van der Waals surface area (Å²) in [5, 5.41) is 13.3. The van der Waals surface area contributed by atoms with E-state index in [-0.39, 0.29) is 11.4 Å². The van der Waals surface area contributed by atoms with Crippen LogP contribution >= 0.6 is 0 Å². The zero-order valence-corrected chi connectivity index (χ0v) is 13.2. The van der Waals surface area contributed by atoms with Crippen LogP contribution in [0.25, 0.3) is 0 Å². The third-order valence-electron chi connectivity index (χ3n) is 3.05. The minimum atomic E-state index is -1.15. The molecule has 0 saturated heterocycles. The van der Waals surface area contributed by atoms with Crippen molar-refractivity contribution in [3.8, 4) is 5.75 Å². The Morgan fingerprint density at radius 1 is 1.31 bits per heavy atom. The van der Waals surface area contributed by atoms with Gasteiger partial charge < -0.3 is 19.8 Å². The number of nitro benzene ring substituents is 1. The molecule has 1 amide bonds. The average Bonchev–Trinajstić information content (AvgIpc) is 2.59. The van der Waals surface area contributed by atoms with Crippen LogP contribution < -0.4 is 21.3 Å². The fraction of sp³-hybridized carbons (Fsp3) is 0.143. The van der Waals surface area contributed by atoms with Crippen LogP contribution in [0, 0.1) is 10.1 Å². The van der Waals surface area contributed by atoms with Gasteiger partial charge in [0.2, 0.25) is 0 Å². The van der Waals surface area contributed by atoms with Gasteiger partial charge in [-0.2, -0.15) is 0 Å². The van der Waals surface area contributed by atoms with E-state index in [9.17, 15) is 29.3 Å². The largest absolute Gasteiger partial charge is 0.496 e. The highest BCUT2D eigenvalue weighted by atomic mass is 16.6. The van der Waals surface area contributed by atoms with Crippen molar-refractivity contribution in [2.24, 2.45) is 0 Å². The first-order valence-corrected chi connectivity index (χ1v) is 6.93. The molecule has 26 heavy (non-hydrogen) atoms. The molecular weight excluding hydrogens is 352 g/mol. The third-order valence-corrected chi connectivity index (χ3v) is 3.05. The van der Waals surface area contributed by atoms with E-state index in [1.54, 1.807) is 0 Å². The molecule has 2 aromatic rings. The van der Waals surface area contributed by atoms with Gasteiger partial charge >= 0.3 is 11.7 Å². The van der Waals surface area contributed by atoms with Crippen LogP contribution in [0.4, 0.5) is 11.4 Å². The molecule has 3 N–H and O–H groups in total. The Morgan fingerprint density at radius 2 is 2.04 bits per heavy atom. The van der Waals surface area contributed by atoms with Crippen molar-refractivity contribution in [2.75, 3.05) is 19.0 Å². The standard InChI is InChI=1S/C14H12N4O8/c1-25-7-2-3-9(10(4-7)18(23)24)16-11(19)6-26-13(21)8-5-15-14(22)17-12(8)20/h2-5H,6H2,1H3,(H,16,19)(H2,15,17,20,22). The number of methoxy groups -OCH3 is 1. The number of hydrogen-bond donors (Lipinski definition) is 3.